The fourth-order valence-corrected chi connectivity index (χ4v) is 3.85. The number of allylic oxidation sites excluding steroid dienone is 2. The van der Waals surface area contributed by atoms with Gasteiger partial charge in [0.05, 0.1) is 6.04 Å². The van der Waals surface area contributed by atoms with Crippen molar-refractivity contribution >= 4 is 5.71 Å². The van der Waals surface area contributed by atoms with Crippen LogP contribution in [-0.4, -0.2) is 26.5 Å². The van der Waals surface area contributed by atoms with E-state index in [1.807, 2.05) is 18.2 Å². The van der Waals surface area contributed by atoms with Crippen molar-refractivity contribution in [2.24, 2.45) is 10.7 Å². The van der Waals surface area contributed by atoms with Gasteiger partial charge in [-0.1, -0.05) is 50.1 Å². The van der Waals surface area contributed by atoms with Gasteiger partial charge in [-0.2, -0.15) is 0 Å². The van der Waals surface area contributed by atoms with Gasteiger partial charge in [0.15, 0.2) is 11.6 Å². The van der Waals surface area contributed by atoms with E-state index in [9.17, 15) is 0 Å². The fraction of sp³-hybridized carbons (Fsp3) is 0.450. The third-order valence-corrected chi connectivity index (χ3v) is 5.27. The van der Waals surface area contributed by atoms with Crippen LogP contribution in [0.3, 0.4) is 0 Å². The second kappa shape index (κ2) is 6.82. The largest absolute Gasteiger partial charge is 0.402 e. The first kappa shape index (κ1) is 16.1. The highest BCUT2D eigenvalue weighted by atomic mass is 15.3. The Morgan fingerprint density at radius 2 is 1.88 bits per heavy atom. The minimum absolute atomic E-state index is 0.401. The summed E-state index contributed by atoms with van der Waals surface area (Å²) in [6.07, 6.45) is 6.62. The maximum atomic E-state index is 6.33. The zero-order valence-corrected chi connectivity index (χ0v) is 14.8. The van der Waals surface area contributed by atoms with Crippen LogP contribution in [0.2, 0.25) is 0 Å². The SMILES string of the molecule is CCC(N)=C1CCn2c(nnc2-c2ccccc2)C1=NC1CCCC1. The average Bonchev–Trinajstić information content (AvgIpc) is 3.31. The van der Waals surface area contributed by atoms with Crippen LogP contribution in [0.25, 0.3) is 11.4 Å². The Hall–Kier alpha value is -2.43. The molecule has 1 aliphatic carbocycles. The molecule has 0 saturated heterocycles. The number of nitrogens with two attached hydrogens (primary N) is 1. The minimum Gasteiger partial charge on any atom is -0.402 e. The van der Waals surface area contributed by atoms with Gasteiger partial charge in [0.1, 0.15) is 5.71 Å². The minimum atomic E-state index is 0.401. The lowest BCUT2D eigenvalue weighted by molar-refractivity contribution is 0.659. The Kier molecular flexibility index (Phi) is 4.38. The normalized spacial score (nSPS) is 21.6. The van der Waals surface area contributed by atoms with Gasteiger partial charge in [-0.05, 0) is 25.7 Å². The summed E-state index contributed by atoms with van der Waals surface area (Å²) in [4.78, 5) is 5.09. The predicted octanol–water partition coefficient (Wildman–Crippen LogP) is 3.70. The fourth-order valence-electron chi connectivity index (χ4n) is 3.85. The summed E-state index contributed by atoms with van der Waals surface area (Å²) < 4.78 is 2.20. The van der Waals surface area contributed by atoms with Gasteiger partial charge in [0, 0.05) is 23.4 Å². The average molecular weight is 335 g/mol. The zero-order valence-electron chi connectivity index (χ0n) is 14.8. The summed E-state index contributed by atoms with van der Waals surface area (Å²) >= 11 is 0. The van der Waals surface area contributed by atoms with E-state index < -0.39 is 0 Å². The molecule has 1 aromatic heterocycles. The molecule has 0 amide bonds. The molecule has 0 unspecified atom stereocenters. The molecular formula is C20H25N5. The van der Waals surface area contributed by atoms with Crippen LogP contribution in [0.4, 0.5) is 0 Å². The Balaban J connectivity index is 1.81. The number of nitrogens with zero attached hydrogens (tertiary/aromatic N) is 4. The van der Waals surface area contributed by atoms with E-state index in [0.717, 1.165) is 48.0 Å². The number of rotatable bonds is 3. The second-order valence-electron chi connectivity index (χ2n) is 6.89. The Labute approximate surface area is 148 Å². The molecule has 2 heterocycles. The lowest BCUT2D eigenvalue weighted by Crippen LogP contribution is -2.25. The monoisotopic (exact) mass is 335 g/mol. The maximum absolute atomic E-state index is 6.33. The first-order valence-corrected chi connectivity index (χ1v) is 9.32. The Bertz CT molecular complexity index is 810. The lowest BCUT2D eigenvalue weighted by atomic mass is 9.98. The number of aliphatic imine (C=N–C) groups is 1. The molecule has 5 nitrogen and oxygen atoms in total. The summed E-state index contributed by atoms with van der Waals surface area (Å²) in [5.74, 6) is 1.80. The number of hydrogen-bond donors (Lipinski definition) is 1. The van der Waals surface area contributed by atoms with E-state index in [4.69, 9.17) is 10.7 Å². The molecule has 1 aliphatic heterocycles. The van der Waals surface area contributed by atoms with Crippen molar-refractivity contribution in [2.75, 3.05) is 0 Å². The second-order valence-corrected chi connectivity index (χ2v) is 6.89. The van der Waals surface area contributed by atoms with E-state index >= 15 is 0 Å². The molecule has 2 aromatic rings. The number of aromatic nitrogens is 3. The van der Waals surface area contributed by atoms with Crippen LogP contribution in [0.15, 0.2) is 46.6 Å². The van der Waals surface area contributed by atoms with Crippen LogP contribution in [0.5, 0.6) is 0 Å². The van der Waals surface area contributed by atoms with Crippen molar-refractivity contribution in [1.29, 1.82) is 0 Å². The van der Waals surface area contributed by atoms with Gasteiger partial charge in [-0.15, -0.1) is 10.2 Å². The van der Waals surface area contributed by atoms with Crippen LogP contribution in [0.1, 0.15) is 51.3 Å². The highest BCUT2D eigenvalue weighted by molar-refractivity contribution is 6.11. The van der Waals surface area contributed by atoms with Crippen molar-refractivity contribution in [2.45, 2.75) is 58.0 Å². The Morgan fingerprint density at radius 1 is 1.16 bits per heavy atom. The molecule has 1 aromatic carbocycles. The number of hydrogen-bond acceptors (Lipinski definition) is 4. The third kappa shape index (κ3) is 2.99. The van der Waals surface area contributed by atoms with E-state index in [1.165, 1.54) is 31.3 Å². The summed E-state index contributed by atoms with van der Waals surface area (Å²) in [7, 11) is 0. The van der Waals surface area contributed by atoms with Gasteiger partial charge < -0.3 is 10.3 Å². The Morgan fingerprint density at radius 3 is 2.60 bits per heavy atom. The van der Waals surface area contributed by atoms with Crippen molar-refractivity contribution in [3.63, 3.8) is 0 Å². The smallest absolute Gasteiger partial charge is 0.182 e. The van der Waals surface area contributed by atoms with Crippen LogP contribution in [-0.2, 0) is 6.54 Å². The highest BCUT2D eigenvalue weighted by Crippen LogP contribution is 2.29. The summed E-state index contributed by atoms with van der Waals surface area (Å²) in [6.45, 7) is 2.95. The molecule has 25 heavy (non-hydrogen) atoms. The first-order chi connectivity index (χ1) is 12.3. The molecule has 0 spiro atoms. The molecule has 0 radical (unpaired) electrons. The summed E-state index contributed by atoms with van der Waals surface area (Å²) in [5, 5.41) is 9.00. The van der Waals surface area contributed by atoms with Crippen molar-refractivity contribution in [3.05, 3.63) is 47.4 Å². The molecule has 0 atom stereocenters. The summed E-state index contributed by atoms with van der Waals surface area (Å²) in [5.41, 5.74) is 10.5. The van der Waals surface area contributed by atoms with Crippen molar-refractivity contribution in [3.8, 4) is 11.4 Å². The predicted molar refractivity (Wildman–Crippen MR) is 100 cm³/mol. The van der Waals surface area contributed by atoms with Gasteiger partial charge in [0.2, 0.25) is 0 Å². The molecule has 2 aliphatic rings. The van der Waals surface area contributed by atoms with Gasteiger partial charge in [-0.25, -0.2) is 0 Å². The van der Waals surface area contributed by atoms with Crippen LogP contribution < -0.4 is 5.73 Å². The van der Waals surface area contributed by atoms with Crippen LogP contribution >= 0.6 is 0 Å². The molecule has 1 fully saturated rings. The molecule has 2 N–H and O–H groups in total. The molecular weight excluding hydrogens is 310 g/mol. The number of benzene rings is 1. The maximum Gasteiger partial charge on any atom is 0.182 e. The molecule has 130 valence electrons. The topological polar surface area (TPSA) is 69.1 Å². The quantitative estimate of drug-likeness (QED) is 0.930. The van der Waals surface area contributed by atoms with Crippen molar-refractivity contribution in [1.82, 2.24) is 14.8 Å². The van der Waals surface area contributed by atoms with E-state index in [2.05, 4.69) is 33.8 Å². The third-order valence-electron chi connectivity index (χ3n) is 5.27. The van der Waals surface area contributed by atoms with Gasteiger partial charge in [0.25, 0.3) is 0 Å². The first-order valence-electron chi connectivity index (χ1n) is 9.32. The van der Waals surface area contributed by atoms with E-state index in [1.54, 1.807) is 0 Å². The number of fused-ring (bicyclic) bond motifs is 1. The molecule has 5 heteroatoms. The van der Waals surface area contributed by atoms with Gasteiger partial charge >= 0.3 is 0 Å². The standard InChI is InChI=1S/C20H25N5/c1-2-17(21)16-12-13-25-19(14-8-4-3-5-9-14)23-24-20(25)18(16)22-15-10-6-7-11-15/h3-5,8-9,15H,2,6-7,10-13,21H2,1H3. The van der Waals surface area contributed by atoms with E-state index in [0.29, 0.717) is 6.04 Å². The molecule has 4 rings (SSSR count). The lowest BCUT2D eigenvalue weighted by Gasteiger charge is -2.22. The van der Waals surface area contributed by atoms with Gasteiger partial charge in [-0.3, -0.25) is 4.99 Å². The van der Waals surface area contributed by atoms with Crippen molar-refractivity contribution < 1.29 is 0 Å². The zero-order chi connectivity index (χ0) is 17.2. The highest BCUT2D eigenvalue weighted by Gasteiger charge is 2.28. The van der Waals surface area contributed by atoms with Crippen LogP contribution in [0, 0.1) is 0 Å². The molecule has 1 saturated carbocycles. The van der Waals surface area contributed by atoms with E-state index in [-0.39, 0.29) is 0 Å². The molecule has 0 bridgehead atoms. The summed E-state index contributed by atoms with van der Waals surface area (Å²) in [6, 6.07) is 10.7.